The Bertz CT molecular complexity index is 1060. The van der Waals surface area contributed by atoms with Gasteiger partial charge < -0.3 is 4.74 Å². The fourth-order valence-electron chi connectivity index (χ4n) is 3.33. The monoisotopic (exact) mass is 512 g/mol. The molecule has 28 heavy (non-hydrogen) atoms. The number of hydrogen-bond donors (Lipinski definition) is 0. The van der Waals surface area contributed by atoms with Gasteiger partial charge in [-0.1, -0.05) is 11.6 Å². The molecule has 0 amide bonds. The van der Waals surface area contributed by atoms with E-state index in [1.54, 1.807) is 6.20 Å². The Morgan fingerprint density at radius 1 is 1.36 bits per heavy atom. The zero-order valence-corrected chi connectivity index (χ0v) is 17.3. The van der Waals surface area contributed by atoms with Crippen LogP contribution in [0, 0.1) is 19.7 Å². The number of carbonyl (C=O) groups excluding carboxylic acids is 1. The first-order valence-corrected chi connectivity index (χ1v) is 9.98. The van der Waals surface area contributed by atoms with E-state index in [1.807, 2.05) is 10.6 Å². The average molecular weight is 513 g/mol. The molecule has 1 fully saturated rings. The van der Waals surface area contributed by atoms with Crippen LogP contribution >= 0.6 is 34.2 Å². The van der Waals surface area contributed by atoms with E-state index in [0.29, 0.717) is 17.3 Å². The van der Waals surface area contributed by atoms with Crippen molar-refractivity contribution >= 4 is 51.4 Å². The van der Waals surface area contributed by atoms with Crippen molar-refractivity contribution < 1.29 is 14.5 Å². The van der Waals surface area contributed by atoms with Gasteiger partial charge in [0.15, 0.2) is 5.15 Å². The molecule has 0 atom stereocenters. The molecule has 4 rings (SSSR count). The lowest BCUT2D eigenvalue weighted by Gasteiger charge is -2.34. The molecule has 1 aliphatic rings. The SMILES string of the molecule is O=C(OCC1CC(c2ncc3c(Cl)nc(I)cn23)C1)c1ccc([N+](=O)[O-])cc1. The summed E-state index contributed by atoms with van der Waals surface area (Å²) in [6.45, 7) is 0.315. The number of halogens is 2. The summed E-state index contributed by atoms with van der Waals surface area (Å²) in [4.78, 5) is 31.0. The maximum absolute atomic E-state index is 12.1. The molecule has 1 aliphatic carbocycles. The summed E-state index contributed by atoms with van der Waals surface area (Å²) in [5.41, 5.74) is 1.03. The predicted octanol–water partition coefficient (Wildman–Crippen LogP) is 4.25. The Hall–Kier alpha value is -2.27. The summed E-state index contributed by atoms with van der Waals surface area (Å²) >= 11 is 8.29. The van der Waals surface area contributed by atoms with Crippen molar-refractivity contribution in [1.82, 2.24) is 14.4 Å². The summed E-state index contributed by atoms with van der Waals surface area (Å²) in [6.07, 6.45) is 5.36. The van der Waals surface area contributed by atoms with Gasteiger partial charge in [0.25, 0.3) is 5.69 Å². The number of non-ortho nitro benzene ring substituents is 1. The zero-order chi connectivity index (χ0) is 19.8. The maximum atomic E-state index is 12.1. The Labute approximate surface area is 178 Å². The molecule has 0 N–H and O–H groups in total. The second kappa shape index (κ2) is 7.63. The highest BCUT2D eigenvalue weighted by atomic mass is 127. The molecule has 144 valence electrons. The topological polar surface area (TPSA) is 99.6 Å². The summed E-state index contributed by atoms with van der Waals surface area (Å²) in [7, 11) is 0. The van der Waals surface area contributed by atoms with Crippen molar-refractivity contribution in [2.75, 3.05) is 6.61 Å². The van der Waals surface area contributed by atoms with Crippen LogP contribution in [0.4, 0.5) is 5.69 Å². The van der Waals surface area contributed by atoms with E-state index in [4.69, 9.17) is 16.3 Å². The van der Waals surface area contributed by atoms with Crippen LogP contribution in [-0.4, -0.2) is 31.9 Å². The van der Waals surface area contributed by atoms with Crippen LogP contribution in [0.5, 0.6) is 0 Å². The molecule has 0 bridgehead atoms. The number of esters is 1. The molecular weight excluding hydrogens is 499 g/mol. The lowest BCUT2D eigenvalue weighted by atomic mass is 9.75. The minimum Gasteiger partial charge on any atom is -0.462 e. The minimum atomic E-state index is -0.507. The van der Waals surface area contributed by atoms with Crippen LogP contribution in [0.25, 0.3) is 5.52 Å². The fraction of sp³-hybridized carbons (Fsp3) is 0.278. The molecule has 8 nitrogen and oxygen atoms in total. The van der Waals surface area contributed by atoms with E-state index in [2.05, 4.69) is 32.6 Å². The Kier molecular flexibility index (Phi) is 5.19. The lowest BCUT2D eigenvalue weighted by Crippen LogP contribution is -2.28. The molecule has 2 heterocycles. The van der Waals surface area contributed by atoms with E-state index in [-0.39, 0.29) is 17.5 Å². The van der Waals surface area contributed by atoms with Crippen molar-refractivity contribution in [3.63, 3.8) is 0 Å². The third-order valence-electron chi connectivity index (χ3n) is 4.84. The van der Waals surface area contributed by atoms with Crippen LogP contribution < -0.4 is 0 Å². The van der Waals surface area contributed by atoms with Crippen LogP contribution in [0.2, 0.25) is 5.15 Å². The minimum absolute atomic E-state index is 0.0599. The van der Waals surface area contributed by atoms with Gasteiger partial charge in [-0.2, -0.15) is 0 Å². The van der Waals surface area contributed by atoms with E-state index in [0.717, 1.165) is 27.9 Å². The number of benzene rings is 1. The van der Waals surface area contributed by atoms with Gasteiger partial charge >= 0.3 is 5.97 Å². The number of carbonyl (C=O) groups is 1. The lowest BCUT2D eigenvalue weighted by molar-refractivity contribution is -0.384. The number of nitrogens with zero attached hydrogens (tertiary/aromatic N) is 4. The van der Waals surface area contributed by atoms with Gasteiger partial charge in [-0.3, -0.25) is 14.5 Å². The van der Waals surface area contributed by atoms with E-state index in [9.17, 15) is 14.9 Å². The Balaban J connectivity index is 1.34. The van der Waals surface area contributed by atoms with Gasteiger partial charge in [0.2, 0.25) is 0 Å². The van der Waals surface area contributed by atoms with Crippen LogP contribution in [0.3, 0.4) is 0 Å². The highest BCUT2D eigenvalue weighted by molar-refractivity contribution is 14.1. The molecule has 1 saturated carbocycles. The van der Waals surface area contributed by atoms with E-state index in [1.165, 1.54) is 24.3 Å². The van der Waals surface area contributed by atoms with E-state index < -0.39 is 10.9 Å². The summed E-state index contributed by atoms with van der Waals surface area (Å²) < 4.78 is 8.12. The molecule has 1 aromatic carbocycles. The normalized spacial score (nSPS) is 18.6. The molecule has 3 aromatic rings. The van der Waals surface area contributed by atoms with Crippen molar-refractivity contribution in [1.29, 1.82) is 0 Å². The smallest absolute Gasteiger partial charge is 0.338 e. The van der Waals surface area contributed by atoms with Crippen molar-refractivity contribution in [3.8, 4) is 0 Å². The number of rotatable bonds is 5. The molecule has 10 heteroatoms. The fourth-order valence-corrected chi connectivity index (χ4v) is 4.22. The second-order valence-corrected chi connectivity index (χ2v) is 8.13. The number of nitro benzene ring substituents is 1. The largest absolute Gasteiger partial charge is 0.462 e. The van der Waals surface area contributed by atoms with Gasteiger partial charge in [-0.05, 0) is 53.5 Å². The number of ether oxygens (including phenoxy) is 1. The second-order valence-electron chi connectivity index (χ2n) is 6.66. The number of hydrogen-bond acceptors (Lipinski definition) is 6. The van der Waals surface area contributed by atoms with Crippen molar-refractivity contribution in [2.24, 2.45) is 5.92 Å². The first kappa shape index (κ1) is 19.1. The molecule has 0 unspecified atom stereocenters. The third kappa shape index (κ3) is 3.68. The van der Waals surface area contributed by atoms with Crippen LogP contribution in [0.15, 0.2) is 36.7 Å². The van der Waals surface area contributed by atoms with Gasteiger partial charge in [0, 0.05) is 24.2 Å². The first-order chi connectivity index (χ1) is 13.4. The van der Waals surface area contributed by atoms with Crippen LogP contribution in [-0.2, 0) is 4.74 Å². The van der Waals surface area contributed by atoms with Gasteiger partial charge in [-0.25, -0.2) is 14.8 Å². The molecule has 0 saturated heterocycles. The molecule has 0 radical (unpaired) electrons. The number of aromatic nitrogens is 3. The molecule has 0 aliphatic heterocycles. The Morgan fingerprint density at radius 2 is 2.07 bits per heavy atom. The highest BCUT2D eigenvalue weighted by Gasteiger charge is 2.34. The maximum Gasteiger partial charge on any atom is 0.338 e. The first-order valence-electron chi connectivity index (χ1n) is 8.53. The molecule has 2 aromatic heterocycles. The Morgan fingerprint density at radius 3 is 2.75 bits per heavy atom. The molecule has 0 spiro atoms. The van der Waals surface area contributed by atoms with Gasteiger partial charge in [0.05, 0.1) is 23.3 Å². The zero-order valence-electron chi connectivity index (χ0n) is 14.4. The summed E-state index contributed by atoms with van der Waals surface area (Å²) in [5, 5.41) is 11.1. The van der Waals surface area contributed by atoms with Crippen LogP contribution in [0.1, 0.15) is 34.9 Å². The number of imidazole rings is 1. The predicted molar refractivity (Wildman–Crippen MR) is 110 cm³/mol. The summed E-state index contributed by atoms with van der Waals surface area (Å²) in [5.74, 6) is 1.00. The average Bonchev–Trinajstić information content (AvgIpc) is 3.04. The third-order valence-corrected chi connectivity index (χ3v) is 5.64. The summed E-state index contributed by atoms with van der Waals surface area (Å²) in [6, 6.07) is 5.39. The standard InChI is InChI=1S/C18H14ClIN4O4/c19-16-14-7-21-17(23(14)8-15(20)22-16)12-5-10(6-12)9-28-18(25)11-1-3-13(4-2-11)24(26)27/h1-4,7-8,10,12H,5-6,9H2. The highest BCUT2D eigenvalue weighted by Crippen LogP contribution is 2.41. The number of nitro groups is 1. The quantitative estimate of drug-likeness (QED) is 0.219. The van der Waals surface area contributed by atoms with E-state index >= 15 is 0 Å². The van der Waals surface area contributed by atoms with Crippen molar-refractivity contribution in [3.05, 3.63) is 67.0 Å². The van der Waals surface area contributed by atoms with Gasteiger partial charge in [-0.15, -0.1) is 0 Å². The van der Waals surface area contributed by atoms with Gasteiger partial charge in [0.1, 0.15) is 15.0 Å². The van der Waals surface area contributed by atoms with Crippen molar-refractivity contribution in [2.45, 2.75) is 18.8 Å². The number of fused-ring (bicyclic) bond motifs is 1. The molecular formula is C18H14ClIN4O4.